The third kappa shape index (κ3) is 4.72. The van der Waals surface area contributed by atoms with E-state index >= 15 is 0 Å². The van der Waals surface area contributed by atoms with Gasteiger partial charge < -0.3 is 4.74 Å². The van der Waals surface area contributed by atoms with Gasteiger partial charge in [0.1, 0.15) is 11.4 Å². The first-order valence-electron chi connectivity index (χ1n) is 8.50. The average molecular weight is 387 g/mol. The van der Waals surface area contributed by atoms with Crippen molar-refractivity contribution in [2.75, 3.05) is 13.7 Å². The molecule has 0 spiro atoms. The lowest BCUT2D eigenvalue weighted by Gasteiger charge is -2.06. The molecule has 0 aliphatic rings. The molecular weight excluding hydrogens is 366 g/mol. The van der Waals surface area contributed by atoms with Gasteiger partial charge in [0.2, 0.25) is 0 Å². The van der Waals surface area contributed by atoms with Crippen molar-refractivity contribution in [3.8, 4) is 11.4 Å². The molecule has 0 radical (unpaired) electrons. The minimum absolute atomic E-state index is 0.0811. The molecule has 0 fully saturated rings. The van der Waals surface area contributed by atoms with Crippen molar-refractivity contribution >= 4 is 10.1 Å². The molecule has 1 aromatic heterocycles. The minimum atomic E-state index is -3.74. The Morgan fingerprint density at radius 3 is 2.56 bits per heavy atom. The summed E-state index contributed by atoms with van der Waals surface area (Å²) >= 11 is 0. The fourth-order valence-corrected chi connectivity index (χ4v) is 3.49. The Bertz CT molecular complexity index is 998. The fraction of sp³-hybridized carbons (Fsp3) is 0.263. The van der Waals surface area contributed by atoms with Crippen LogP contribution in [-0.4, -0.2) is 37.1 Å². The van der Waals surface area contributed by atoms with E-state index in [0.29, 0.717) is 18.6 Å². The third-order valence-electron chi connectivity index (χ3n) is 4.00. The van der Waals surface area contributed by atoms with Crippen LogP contribution in [0, 0.1) is 6.92 Å². The summed E-state index contributed by atoms with van der Waals surface area (Å²) < 4.78 is 36.4. The lowest BCUT2D eigenvalue weighted by atomic mass is 10.2. The highest BCUT2D eigenvalue weighted by Gasteiger charge is 2.15. The zero-order valence-electron chi connectivity index (χ0n) is 15.2. The monoisotopic (exact) mass is 387 g/mol. The molecule has 0 atom stereocenters. The van der Waals surface area contributed by atoms with Gasteiger partial charge in [0.05, 0.1) is 30.5 Å². The van der Waals surface area contributed by atoms with Crippen molar-refractivity contribution in [1.82, 2.24) is 15.0 Å². The molecule has 0 aliphatic carbocycles. The van der Waals surface area contributed by atoms with Gasteiger partial charge in [0.25, 0.3) is 10.1 Å². The van der Waals surface area contributed by atoms with E-state index < -0.39 is 10.1 Å². The summed E-state index contributed by atoms with van der Waals surface area (Å²) in [4.78, 5) is 0.162. The van der Waals surface area contributed by atoms with Crippen LogP contribution in [0.5, 0.6) is 5.75 Å². The second kappa shape index (κ2) is 8.32. The molecule has 7 nitrogen and oxygen atoms in total. The topological polar surface area (TPSA) is 83.3 Å². The Balaban J connectivity index is 1.56. The van der Waals surface area contributed by atoms with E-state index in [-0.39, 0.29) is 11.5 Å². The van der Waals surface area contributed by atoms with Crippen LogP contribution in [0.25, 0.3) is 5.69 Å². The molecule has 0 unspecified atom stereocenters. The fourth-order valence-electron chi connectivity index (χ4n) is 2.54. The predicted molar refractivity (Wildman–Crippen MR) is 101 cm³/mol. The van der Waals surface area contributed by atoms with Gasteiger partial charge in [-0.1, -0.05) is 35.0 Å². The van der Waals surface area contributed by atoms with Crippen LogP contribution in [0.1, 0.15) is 17.7 Å². The maximum Gasteiger partial charge on any atom is 0.296 e. The molecule has 0 aliphatic heterocycles. The number of hydrogen-bond donors (Lipinski definition) is 0. The standard InChI is InChI=1S/C19H21N3O4S/c1-15-9-11-17(12-10-15)27(23,24)26-13-5-6-16-14-22(21-20-16)18-7-3-4-8-19(18)25-2/h3-4,7-12,14H,5-6,13H2,1-2H3. The van der Waals surface area contributed by atoms with Crippen LogP contribution < -0.4 is 4.74 Å². The summed E-state index contributed by atoms with van der Waals surface area (Å²) in [5.74, 6) is 0.696. The molecule has 0 N–H and O–H groups in total. The molecule has 0 saturated carbocycles. The van der Waals surface area contributed by atoms with E-state index in [0.717, 1.165) is 16.9 Å². The smallest absolute Gasteiger partial charge is 0.296 e. The van der Waals surface area contributed by atoms with Gasteiger partial charge in [-0.3, -0.25) is 4.18 Å². The van der Waals surface area contributed by atoms with Crippen LogP contribution in [0.4, 0.5) is 0 Å². The number of para-hydroxylation sites is 2. The first-order valence-corrected chi connectivity index (χ1v) is 9.91. The predicted octanol–water partition coefficient (Wildman–Crippen LogP) is 2.92. The van der Waals surface area contributed by atoms with Crippen LogP contribution in [0.15, 0.2) is 59.6 Å². The quantitative estimate of drug-likeness (QED) is 0.437. The number of hydrogen-bond acceptors (Lipinski definition) is 6. The summed E-state index contributed by atoms with van der Waals surface area (Å²) in [6, 6.07) is 14.1. The second-order valence-corrected chi connectivity index (χ2v) is 7.63. The molecule has 8 heteroatoms. The lowest BCUT2D eigenvalue weighted by molar-refractivity contribution is 0.312. The molecule has 0 saturated heterocycles. The van der Waals surface area contributed by atoms with E-state index in [4.69, 9.17) is 8.92 Å². The van der Waals surface area contributed by atoms with Gasteiger partial charge >= 0.3 is 0 Å². The molecule has 0 amide bonds. The van der Waals surface area contributed by atoms with Crippen LogP contribution in [0.2, 0.25) is 0 Å². The number of methoxy groups -OCH3 is 1. The maximum absolute atomic E-state index is 12.1. The number of aromatic nitrogens is 3. The first-order chi connectivity index (χ1) is 13.0. The highest BCUT2D eigenvalue weighted by molar-refractivity contribution is 7.86. The van der Waals surface area contributed by atoms with Gasteiger partial charge in [-0.25, -0.2) is 4.68 Å². The van der Waals surface area contributed by atoms with Gasteiger partial charge in [-0.05, 0) is 44.0 Å². The highest BCUT2D eigenvalue weighted by Crippen LogP contribution is 2.21. The molecule has 3 aromatic rings. The van der Waals surface area contributed by atoms with Crippen LogP contribution >= 0.6 is 0 Å². The number of nitrogens with zero attached hydrogens (tertiary/aromatic N) is 3. The third-order valence-corrected chi connectivity index (χ3v) is 5.32. The highest BCUT2D eigenvalue weighted by atomic mass is 32.2. The Morgan fingerprint density at radius 1 is 1.07 bits per heavy atom. The van der Waals surface area contributed by atoms with E-state index in [9.17, 15) is 8.42 Å². The van der Waals surface area contributed by atoms with Gasteiger partial charge in [-0.2, -0.15) is 8.42 Å². The molecule has 3 rings (SSSR count). The van der Waals surface area contributed by atoms with Crippen molar-refractivity contribution in [1.29, 1.82) is 0 Å². The molecule has 2 aromatic carbocycles. The summed E-state index contributed by atoms with van der Waals surface area (Å²) in [5.41, 5.74) is 2.53. The van der Waals surface area contributed by atoms with Gasteiger partial charge in [-0.15, -0.1) is 5.10 Å². The normalized spacial score (nSPS) is 11.5. The van der Waals surface area contributed by atoms with Crippen molar-refractivity contribution in [2.45, 2.75) is 24.7 Å². The Kier molecular flexibility index (Phi) is 5.88. The summed E-state index contributed by atoms with van der Waals surface area (Å²) in [7, 11) is -2.14. The maximum atomic E-state index is 12.1. The summed E-state index contributed by atoms with van der Waals surface area (Å²) in [6.45, 7) is 1.98. The molecule has 142 valence electrons. The van der Waals surface area contributed by atoms with E-state index in [2.05, 4.69) is 10.3 Å². The molecular formula is C19H21N3O4S. The lowest BCUT2D eigenvalue weighted by Crippen LogP contribution is -2.08. The van der Waals surface area contributed by atoms with E-state index in [1.165, 1.54) is 0 Å². The molecule has 1 heterocycles. The van der Waals surface area contributed by atoms with Crippen molar-refractivity contribution in [2.24, 2.45) is 0 Å². The van der Waals surface area contributed by atoms with Crippen molar-refractivity contribution in [3.63, 3.8) is 0 Å². The van der Waals surface area contributed by atoms with Gasteiger partial charge in [0.15, 0.2) is 0 Å². The Hall–Kier alpha value is -2.71. The van der Waals surface area contributed by atoms with Crippen LogP contribution in [0.3, 0.4) is 0 Å². The minimum Gasteiger partial charge on any atom is -0.494 e. The Morgan fingerprint density at radius 2 is 1.81 bits per heavy atom. The van der Waals surface area contributed by atoms with Crippen LogP contribution in [-0.2, 0) is 20.7 Å². The molecule has 27 heavy (non-hydrogen) atoms. The van der Waals surface area contributed by atoms with E-state index in [1.807, 2.05) is 31.2 Å². The number of rotatable bonds is 8. The number of benzene rings is 2. The average Bonchev–Trinajstić information content (AvgIpc) is 3.14. The SMILES string of the molecule is COc1ccccc1-n1cc(CCCOS(=O)(=O)c2ccc(C)cc2)nn1. The summed E-state index contributed by atoms with van der Waals surface area (Å²) in [5, 5.41) is 8.23. The van der Waals surface area contributed by atoms with Crippen molar-refractivity contribution in [3.05, 3.63) is 66.0 Å². The second-order valence-electron chi connectivity index (χ2n) is 6.02. The largest absolute Gasteiger partial charge is 0.494 e. The van der Waals surface area contributed by atoms with Crippen molar-refractivity contribution < 1.29 is 17.3 Å². The zero-order chi connectivity index (χ0) is 19.3. The first kappa shape index (κ1) is 19.1. The summed E-state index contributed by atoms with van der Waals surface area (Å²) in [6.07, 6.45) is 2.86. The van der Waals surface area contributed by atoms with Gasteiger partial charge in [0, 0.05) is 0 Å². The number of ether oxygens (including phenoxy) is 1. The molecule has 0 bridgehead atoms. The van der Waals surface area contributed by atoms with E-state index in [1.54, 1.807) is 42.3 Å². The zero-order valence-corrected chi connectivity index (χ0v) is 16.0. The Labute approximate surface area is 158 Å². The number of aryl methyl sites for hydroxylation is 2.